The lowest BCUT2D eigenvalue weighted by Gasteiger charge is -2.28. The van der Waals surface area contributed by atoms with E-state index in [1.807, 2.05) is 34.1 Å². The first kappa shape index (κ1) is 38.4. The molecule has 4 aliphatic rings. The van der Waals surface area contributed by atoms with Crippen LogP contribution in [0.25, 0.3) is 22.3 Å². The SMILES string of the molecule is CCc1ccccc1-c1ccc2c(c1)C(O)CC21CCN(c2cc(F)cnc2C(=O)c2ncc(F)cc2N2CCC3(CC(O)c4cc(-c5ccccc5CC)ccc43)C2)C1. The standard InChI is InChI=1S/C51H48F2N4O3/c1-3-31-9-5-7-11-37(31)33-13-15-41-39(21-33)45(58)25-50(41)17-19-56(29-50)43-23-35(52)27-54-47(43)49(60)48-44(24-36(53)28-55-48)57-20-18-51(30-57)26-46(59)40-22-34(14-16-42(40)51)38-12-8-6-10-32(38)4-2/h5-16,21-24,27-28,45-46,58-59H,3-4,17-20,25-26,29-30H2,1-2H3. The van der Waals surface area contributed by atoms with Crippen LogP contribution < -0.4 is 9.80 Å². The highest BCUT2D eigenvalue weighted by molar-refractivity contribution is 6.13. The molecule has 0 saturated carbocycles. The van der Waals surface area contributed by atoms with Gasteiger partial charge in [-0.15, -0.1) is 0 Å². The van der Waals surface area contributed by atoms with Gasteiger partial charge in [-0.25, -0.2) is 18.7 Å². The number of rotatable bonds is 8. The Morgan fingerprint density at radius 3 is 1.52 bits per heavy atom. The predicted octanol–water partition coefficient (Wildman–Crippen LogP) is 9.62. The van der Waals surface area contributed by atoms with Crippen molar-refractivity contribution in [3.05, 3.63) is 166 Å². The Balaban J connectivity index is 0.939. The molecule has 10 rings (SSSR count). The lowest BCUT2D eigenvalue weighted by atomic mass is 9.80. The zero-order valence-electron chi connectivity index (χ0n) is 34.0. The molecule has 2 saturated heterocycles. The molecule has 2 spiro atoms. The van der Waals surface area contributed by atoms with E-state index in [0.717, 1.165) is 69.7 Å². The molecule has 60 heavy (non-hydrogen) atoms. The monoisotopic (exact) mass is 802 g/mol. The van der Waals surface area contributed by atoms with Crippen molar-refractivity contribution in [3.8, 4) is 22.3 Å². The Morgan fingerprint density at radius 2 is 1.08 bits per heavy atom. The number of anilines is 2. The van der Waals surface area contributed by atoms with E-state index in [2.05, 4.69) is 84.5 Å². The van der Waals surface area contributed by atoms with Crippen molar-refractivity contribution in [2.24, 2.45) is 0 Å². The molecule has 4 heterocycles. The maximum atomic E-state index is 15.1. The van der Waals surface area contributed by atoms with Gasteiger partial charge in [0.25, 0.3) is 0 Å². The predicted molar refractivity (Wildman–Crippen MR) is 231 cm³/mol. The first-order chi connectivity index (χ1) is 29.1. The summed E-state index contributed by atoms with van der Waals surface area (Å²) in [6.45, 7) is 6.29. The van der Waals surface area contributed by atoms with Gasteiger partial charge in [-0.1, -0.05) is 86.6 Å². The molecule has 2 N–H and O–H groups in total. The number of ketones is 1. The largest absolute Gasteiger partial charge is 0.388 e. The third kappa shape index (κ3) is 6.24. The number of aliphatic hydroxyl groups is 2. The molecule has 4 unspecified atom stereocenters. The van der Waals surface area contributed by atoms with Gasteiger partial charge in [0.05, 0.1) is 36.0 Å². The number of pyridine rings is 2. The van der Waals surface area contributed by atoms with Gasteiger partial charge >= 0.3 is 0 Å². The van der Waals surface area contributed by atoms with E-state index < -0.39 is 40.5 Å². The molecule has 2 aliphatic carbocycles. The third-order valence-electron chi connectivity index (χ3n) is 14.0. The summed E-state index contributed by atoms with van der Waals surface area (Å²) < 4.78 is 30.3. The number of fused-ring (bicyclic) bond motifs is 4. The average molecular weight is 803 g/mol. The minimum absolute atomic E-state index is 0.0505. The van der Waals surface area contributed by atoms with Crippen LogP contribution in [0.5, 0.6) is 0 Å². The quantitative estimate of drug-likeness (QED) is 0.148. The summed E-state index contributed by atoms with van der Waals surface area (Å²) in [4.78, 5) is 27.5. The number of carbonyl (C=O) groups is 1. The van der Waals surface area contributed by atoms with E-state index >= 15 is 8.78 Å². The summed E-state index contributed by atoms with van der Waals surface area (Å²) in [6.07, 6.45) is 5.07. The van der Waals surface area contributed by atoms with Crippen LogP contribution in [0.4, 0.5) is 20.2 Å². The summed E-state index contributed by atoms with van der Waals surface area (Å²) in [7, 11) is 0. The molecule has 2 aliphatic heterocycles. The maximum absolute atomic E-state index is 15.1. The highest BCUT2D eigenvalue weighted by Crippen LogP contribution is 2.54. The molecule has 0 bridgehead atoms. The van der Waals surface area contributed by atoms with E-state index in [1.54, 1.807) is 0 Å². The van der Waals surface area contributed by atoms with Gasteiger partial charge in [-0.2, -0.15) is 0 Å². The van der Waals surface area contributed by atoms with Gasteiger partial charge in [0.2, 0.25) is 5.78 Å². The van der Waals surface area contributed by atoms with Crippen LogP contribution in [-0.4, -0.2) is 52.1 Å². The normalized spacial score (nSPS) is 22.9. The Kier molecular flexibility index (Phi) is 9.45. The Hall–Kier alpha value is -5.77. The van der Waals surface area contributed by atoms with Crippen molar-refractivity contribution >= 4 is 17.2 Å². The molecule has 9 heteroatoms. The highest BCUT2D eigenvalue weighted by Gasteiger charge is 2.50. The number of benzene rings is 4. The molecule has 4 atom stereocenters. The lowest BCUT2D eigenvalue weighted by molar-refractivity contribution is 0.103. The first-order valence-electron chi connectivity index (χ1n) is 21.3. The van der Waals surface area contributed by atoms with Crippen molar-refractivity contribution in [3.63, 3.8) is 0 Å². The second kappa shape index (κ2) is 14.7. The number of aryl methyl sites for hydroxylation is 2. The molecule has 304 valence electrons. The average Bonchev–Trinajstić information content (AvgIpc) is 4.04. The smallest absolute Gasteiger partial charge is 0.233 e. The summed E-state index contributed by atoms with van der Waals surface area (Å²) in [6, 6.07) is 32.2. The highest BCUT2D eigenvalue weighted by atomic mass is 19.1. The van der Waals surface area contributed by atoms with Gasteiger partial charge in [0.1, 0.15) is 23.0 Å². The van der Waals surface area contributed by atoms with Crippen LogP contribution in [0.1, 0.15) is 101 Å². The van der Waals surface area contributed by atoms with Crippen LogP contribution in [-0.2, 0) is 23.7 Å². The number of hydrogen-bond donors (Lipinski definition) is 2. The van der Waals surface area contributed by atoms with Gasteiger partial charge in [0.15, 0.2) is 0 Å². The van der Waals surface area contributed by atoms with E-state index in [9.17, 15) is 15.0 Å². The minimum atomic E-state index is -0.650. The van der Waals surface area contributed by atoms with E-state index in [0.29, 0.717) is 63.2 Å². The van der Waals surface area contributed by atoms with E-state index in [1.165, 1.54) is 23.3 Å². The Morgan fingerprint density at radius 1 is 0.650 bits per heavy atom. The van der Waals surface area contributed by atoms with Crippen LogP contribution in [0.15, 0.2) is 109 Å². The molecule has 2 aromatic heterocycles. The zero-order chi connectivity index (χ0) is 41.3. The number of nitrogens with zero attached hydrogens (tertiary/aromatic N) is 4. The summed E-state index contributed by atoms with van der Waals surface area (Å²) in [5.41, 5.74) is 11.0. The fourth-order valence-corrected chi connectivity index (χ4v) is 11.1. The number of carbonyl (C=O) groups excluding carboxylic acids is 1. The summed E-state index contributed by atoms with van der Waals surface area (Å²) in [5, 5.41) is 23.0. The topological polar surface area (TPSA) is 89.8 Å². The molecule has 4 aromatic carbocycles. The molecular weight excluding hydrogens is 755 g/mol. The Labute approximate surface area is 349 Å². The van der Waals surface area contributed by atoms with Gasteiger partial charge in [-0.3, -0.25) is 4.79 Å². The van der Waals surface area contributed by atoms with Crippen LogP contribution in [0, 0.1) is 11.6 Å². The summed E-state index contributed by atoms with van der Waals surface area (Å²) >= 11 is 0. The van der Waals surface area contributed by atoms with Gasteiger partial charge in [0, 0.05) is 49.1 Å². The van der Waals surface area contributed by atoms with Crippen molar-refractivity contribution in [1.82, 2.24) is 9.97 Å². The Bertz CT molecular complexity index is 2500. The van der Waals surface area contributed by atoms with Crippen LogP contribution >= 0.6 is 0 Å². The van der Waals surface area contributed by atoms with Crippen molar-refractivity contribution in [2.45, 2.75) is 75.4 Å². The number of aromatic nitrogens is 2. The second-order valence-corrected chi connectivity index (χ2v) is 17.3. The fraction of sp³-hybridized carbons (Fsp3) is 0.314. The molecule has 0 radical (unpaired) electrons. The number of hydrogen-bond acceptors (Lipinski definition) is 7. The lowest BCUT2D eigenvalue weighted by Crippen LogP contribution is -2.31. The zero-order valence-corrected chi connectivity index (χ0v) is 34.0. The van der Waals surface area contributed by atoms with Crippen molar-refractivity contribution in [2.75, 3.05) is 36.0 Å². The minimum Gasteiger partial charge on any atom is -0.388 e. The summed E-state index contributed by atoms with van der Waals surface area (Å²) in [5.74, 6) is -1.65. The van der Waals surface area contributed by atoms with Gasteiger partial charge in [-0.05, 0) is 106 Å². The van der Waals surface area contributed by atoms with Crippen LogP contribution in [0.3, 0.4) is 0 Å². The van der Waals surface area contributed by atoms with E-state index in [4.69, 9.17) is 0 Å². The molecular formula is C51H48F2N4O3. The second-order valence-electron chi connectivity index (χ2n) is 17.3. The number of aliphatic hydroxyl groups excluding tert-OH is 2. The molecule has 7 nitrogen and oxygen atoms in total. The number of halogens is 2. The molecule has 6 aromatic rings. The van der Waals surface area contributed by atoms with E-state index in [-0.39, 0.29) is 11.4 Å². The van der Waals surface area contributed by atoms with Crippen molar-refractivity contribution in [1.29, 1.82) is 0 Å². The van der Waals surface area contributed by atoms with Crippen molar-refractivity contribution < 1.29 is 23.8 Å². The maximum Gasteiger partial charge on any atom is 0.233 e. The van der Waals surface area contributed by atoms with Crippen LogP contribution in [0.2, 0.25) is 0 Å². The first-order valence-corrected chi connectivity index (χ1v) is 21.3. The molecule has 2 fully saturated rings. The molecule has 0 amide bonds. The third-order valence-corrected chi connectivity index (χ3v) is 14.0. The fourth-order valence-electron chi connectivity index (χ4n) is 11.1. The van der Waals surface area contributed by atoms with Gasteiger partial charge < -0.3 is 20.0 Å².